The standard InChI is InChI=1S/C26H21NO5/c1-29-24-10-5-18(14-21(24)17-32-22-7-2-19(16-27)3-8-22)4-9-23(28)20-6-11-25-26(15-20)31-13-12-30-25/h2-11,14-15H,12-13,17H2,1H3/b9-4+. The SMILES string of the molecule is COc1ccc(/C=C/C(=O)c2ccc3c(c2)OCCO3)cc1COc1ccc(C#N)cc1. The average molecular weight is 427 g/mol. The number of carbonyl (C=O) groups is 1. The topological polar surface area (TPSA) is 77.8 Å². The summed E-state index contributed by atoms with van der Waals surface area (Å²) in [6, 6.07) is 19.8. The van der Waals surface area contributed by atoms with Crippen molar-refractivity contribution in [2.24, 2.45) is 0 Å². The Balaban J connectivity index is 1.47. The van der Waals surface area contributed by atoms with Gasteiger partial charge in [-0.25, -0.2) is 0 Å². The zero-order valence-electron chi connectivity index (χ0n) is 17.5. The number of hydrogen-bond donors (Lipinski definition) is 0. The van der Waals surface area contributed by atoms with Crippen molar-refractivity contribution in [2.75, 3.05) is 20.3 Å². The molecule has 1 aliphatic heterocycles. The summed E-state index contributed by atoms with van der Waals surface area (Å²) < 4.78 is 22.3. The molecule has 0 aromatic heterocycles. The molecule has 6 nitrogen and oxygen atoms in total. The summed E-state index contributed by atoms with van der Waals surface area (Å²) in [5, 5.41) is 8.90. The van der Waals surface area contributed by atoms with E-state index in [1.165, 1.54) is 6.08 Å². The Bertz CT molecular complexity index is 1190. The van der Waals surface area contributed by atoms with Crippen molar-refractivity contribution in [1.82, 2.24) is 0 Å². The maximum absolute atomic E-state index is 12.6. The van der Waals surface area contributed by atoms with Crippen LogP contribution in [0.1, 0.15) is 27.0 Å². The Morgan fingerprint density at radius 2 is 1.81 bits per heavy atom. The maximum atomic E-state index is 12.6. The second-order valence-corrected chi connectivity index (χ2v) is 7.05. The van der Waals surface area contributed by atoms with Gasteiger partial charge in [0.2, 0.25) is 0 Å². The fraction of sp³-hybridized carbons (Fsp3) is 0.154. The third-order valence-electron chi connectivity index (χ3n) is 4.94. The van der Waals surface area contributed by atoms with Crippen LogP contribution >= 0.6 is 0 Å². The molecular formula is C26H21NO5. The minimum atomic E-state index is -0.131. The highest BCUT2D eigenvalue weighted by molar-refractivity contribution is 6.07. The summed E-state index contributed by atoms with van der Waals surface area (Å²) in [6.07, 6.45) is 3.28. The second kappa shape index (κ2) is 9.71. The number of fused-ring (bicyclic) bond motifs is 1. The summed E-state index contributed by atoms with van der Waals surface area (Å²) in [5.74, 6) is 2.45. The zero-order chi connectivity index (χ0) is 22.3. The molecule has 4 rings (SSSR count). The normalized spacial score (nSPS) is 12.2. The summed E-state index contributed by atoms with van der Waals surface area (Å²) in [4.78, 5) is 12.6. The van der Waals surface area contributed by atoms with Crippen LogP contribution in [0.3, 0.4) is 0 Å². The molecule has 0 atom stereocenters. The number of ether oxygens (including phenoxy) is 4. The third-order valence-corrected chi connectivity index (χ3v) is 4.94. The van der Waals surface area contributed by atoms with E-state index in [0.717, 1.165) is 11.1 Å². The lowest BCUT2D eigenvalue weighted by Gasteiger charge is -2.18. The Hall–Kier alpha value is -4.24. The molecule has 6 heteroatoms. The van der Waals surface area contributed by atoms with Gasteiger partial charge in [-0.3, -0.25) is 4.79 Å². The van der Waals surface area contributed by atoms with Crippen LogP contribution in [0.2, 0.25) is 0 Å². The van der Waals surface area contributed by atoms with Crippen molar-refractivity contribution < 1.29 is 23.7 Å². The predicted molar refractivity (Wildman–Crippen MR) is 119 cm³/mol. The molecule has 32 heavy (non-hydrogen) atoms. The van der Waals surface area contributed by atoms with E-state index in [1.807, 2.05) is 18.2 Å². The first-order chi connectivity index (χ1) is 15.7. The number of hydrogen-bond acceptors (Lipinski definition) is 6. The van der Waals surface area contributed by atoms with Crippen LogP contribution in [-0.4, -0.2) is 26.1 Å². The van der Waals surface area contributed by atoms with Gasteiger partial charge in [0.05, 0.1) is 18.7 Å². The predicted octanol–water partition coefficient (Wildman–Crippen LogP) is 4.81. The quantitative estimate of drug-likeness (QED) is 0.398. The lowest BCUT2D eigenvalue weighted by molar-refractivity contribution is 0.104. The van der Waals surface area contributed by atoms with Gasteiger partial charge in [0, 0.05) is 11.1 Å². The molecule has 0 aliphatic carbocycles. The number of benzene rings is 3. The van der Waals surface area contributed by atoms with Crippen LogP contribution in [0.25, 0.3) is 6.08 Å². The molecule has 0 unspecified atom stereocenters. The summed E-state index contributed by atoms with van der Waals surface area (Å²) >= 11 is 0. The number of methoxy groups -OCH3 is 1. The lowest BCUT2D eigenvalue weighted by Crippen LogP contribution is -2.15. The van der Waals surface area contributed by atoms with Crippen LogP contribution in [0, 0.1) is 11.3 Å². The van der Waals surface area contributed by atoms with Crippen LogP contribution in [0.5, 0.6) is 23.0 Å². The van der Waals surface area contributed by atoms with E-state index >= 15 is 0 Å². The maximum Gasteiger partial charge on any atom is 0.185 e. The molecule has 1 heterocycles. The van der Waals surface area contributed by atoms with Gasteiger partial charge in [0.15, 0.2) is 17.3 Å². The first-order valence-corrected chi connectivity index (χ1v) is 10.1. The highest BCUT2D eigenvalue weighted by Gasteiger charge is 2.14. The molecule has 0 amide bonds. The van der Waals surface area contributed by atoms with Crippen LogP contribution in [-0.2, 0) is 6.61 Å². The molecule has 0 saturated heterocycles. The van der Waals surface area contributed by atoms with Crippen molar-refractivity contribution >= 4 is 11.9 Å². The van der Waals surface area contributed by atoms with E-state index in [2.05, 4.69) is 6.07 Å². The largest absolute Gasteiger partial charge is 0.496 e. The fourth-order valence-electron chi connectivity index (χ4n) is 3.27. The molecule has 0 N–H and O–H groups in total. The van der Waals surface area contributed by atoms with Crippen molar-refractivity contribution in [3.8, 4) is 29.1 Å². The van der Waals surface area contributed by atoms with E-state index in [4.69, 9.17) is 24.2 Å². The summed E-state index contributed by atoms with van der Waals surface area (Å²) in [6.45, 7) is 1.27. The van der Waals surface area contributed by atoms with E-state index in [1.54, 1.807) is 55.7 Å². The molecule has 0 spiro atoms. The first kappa shape index (κ1) is 21.0. The van der Waals surface area contributed by atoms with Gasteiger partial charge < -0.3 is 18.9 Å². The summed E-state index contributed by atoms with van der Waals surface area (Å²) in [7, 11) is 1.60. The molecule has 3 aromatic rings. The average Bonchev–Trinajstić information content (AvgIpc) is 2.86. The highest BCUT2D eigenvalue weighted by atomic mass is 16.6. The number of rotatable bonds is 7. The lowest BCUT2D eigenvalue weighted by atomic mass is 10.1. The van der Waals surface area contributed by atoms with Crippen molar-refractivity contribution in [1.29, 1.82) is 5.26 Å². The fourth-order valence-corrected chi connectivity index (χ4v) is 3.27. The minimum absolute atomic E-state index is 0.131. The van der Waals surface area contributed by atoms with Crippen LogP contribution in [0.4, 0.5) is 0 Å². The minimum Gasteiger partial charge on any atom is -0.496 e. The molecule has 0 saturated carbocycles. The molecular weight excluding hydrogens is 406 g/mol. The first-order valence-electron chi connectivity index (χ1n) is 10.1. The van der Waals surface area contributed by atoms with Gasteiger partial charge in [-0.2, -0.15) is 5.26 Å². The molecule has 0 bridgehead atoms. The van der Waals surface area contributed by atoms with Crippen molar-refractivity contribution in [3.63, 3.8) is 0 Å². The Kier molecular flexibility index (Phi) is 6.38. The summed E-state index contributed by atoms with van der Waals surface area (Å²) in [5.41, 5.74) is 2.79. The van der Waals surface area contributed by atoms with Gasteiger partial charge in [-0.05, 0) is 66.2 Å². The van der Waals surface area contributed by atoms with Gasteiger partial charge in [-0.1, -0.05) is 12.1 Å². The monoisotopic (exact) mass is 427 g/mol. The number of nitriles is 1. The number of allylic oxidation sites excluding steroid dienone is 1. The Morgan fingerprint density at radius 3 is 2.56 bits per heavy atom. The zero-order valence-corrected chi connectivity index (χ0v) is 17.5. The van der Waals surface area contributed by atoms with E-state index < -0.39 is 0 Å². The smallest absolute Gasteiger partial charge is 0.185 e. The van der Waals surface area contributed by atoms with Crippen molar-refractivity contribution in [3.05, 3.63) is 89.0 Å². The second-order valence-electron chi connectivity index (χ2n) is 7.05. The molecule has 1 aliphatic rings. The van der Waals surface area contributed by atoms with Crippen molar-refractivity contribution in [2.45, 2.75) is 6.61 Å². The molecule has 0 fully saturated rings. The number of carbonyl (C=O) groups excluding carboxylic acids is 1. The van der Waals surface area contributed by atoms with E-state index in [-0.39, 0.29) is 12.4 Å². The van der Waals surface area contributed by atoms with Gasteiger partial charge in [-0.15, -0.1) is 0 Å². The van der Waals surface area contributed by atoms with Gasteiger partial charge in [0.25, 0.3) is 0 Å². The van der Waals surface area contributed by atoms with E-state index in [9.17, 15) is 4.79 Å². The van der Waals surface area contributed by atoms with Gasteiger partial charge >= 0.3 is 0 Å². The van der Waals surface area contributed by atoms with Crippen LogP contribution < -0.4 is 18.9 Å². The molecule has 160 valence electrons. The molecule has 0 radical (unpaired) electrons. The number of nitrogens with zero attached hydrogens (tertiary/aromatic N) is 1. The Morgan fingerprint density at radius 1 is 1.03 bits per heavy atom. The van der Waals surface area contributed by atoms with E-state index in [0.29, 0.717) is 47.3 Å². The van der Waals surface area contributed by atoms with Crippen LogP contribution in [0.15, 0.2) is 66.7 Å². The van der Waals surface area contributed by atoms with Gasteiger partial charge in [0.1, 0.15) is 31.3 Å². The highest BCUT2D eigenvalue weighted by Crippen LogP contribution is 2.31. The number of ketones is 1. The molecule has 3 aromatic carbocycles. The Labute approximate surface area is 186 Å². The third kappa shape index (κ3) is 4.90.